The molecule has 0 radical (unpaired) electrons. The molecule has 7 nitrogen and oxygen atoms in total. The van der Waals surface area contributed by atoms with Crippen molar-refractivity contribution >= 4 is 22.4 Å². The number of hydrogen-bond acceptors (Lipinski definition) is 7. The van der Waals surface area contributed by atoms with Crippen LogP contribution in [0.25, 0.3) is 22.0 Å². The molecule has 7 heteroatoms. The fourth-order valence-electron chi connectivity index (χ4n) is 4.29. The van der Waals surface area contributed by atoms with Gasteiger partial charge < -0.3 is 25.0 Å². The molecule has 0 unspecified atom stereocenters. The molecule has 0 aliphatic carbocycles. The highest BCUT2D eigenvalue weighted by Crippen LogP contribution is 2.35. The summed E-state index contributed by atoms with van der Waals surface area (Å²) >= 11 is 0. The molecule has 4 aromatic rings. The van der Waals surface area contributed by atoms with E-state index in [9.17, 15) is 0 Å². The van der Waals surface area contributed by atoms with Crippen LogP contribution in [0.4, 0.5) is 11.6 Å². The van der Waals surface area contributed by atoms with Crippen LogP contribution in [0.3, 0.4) is 0 Å². The molecular formula is C27H29N5O2. The second-order valence-electron chi connectivity index (χ2n) is 8.29. The maximum atomic E-state index is 5.50. The predicted octanol–water partition coefficient (Wildman–Crippen LogP) is 4.34. The number of rotatable bonds is 7. The molecule has 1 aliphatic rings. The SMILES string of the molecule is COc1ccc(CNc2nccc(-c3cc(N4CCNCC4)c4cc(OC)ccc4c3)n2)cc1. The Kier molecular flexibility index (Phi) is 6.44. The molecule has 1 aliphatic heterocycles. The van der Waals surface area contributed by atoms with Crippen molar-refractivity contribution < 1.29 is 9.47 Å². The number of methoxy groups -OCH3 is 2. The van der Waals surface area contributed by atoms with Crippen LogP contribution in [-0.2, 0) is 6.54 Å². The van der Waals surface area contributed by atoms with Crippen LogP contribution < -0.4 is 25.0 Å². The number of ether oxygens (including phenoxy) is 2. The zero-order valence-corrected chi connectivity index (χ0v) is 19.5. The molecule has 0 bridgehead atoms. The van der Waals surface area contributed by atoms with Crippen LogP contribution in [0.15, 0.2) is 66.9 Å². The van der Waals surface area contributed by atoms with E-state index in [2.05, 4.69) is 44.8 Å². The summed E-state index contributed by atoms with van der Waals surface area (Å²) in [6.07, 6.45) is 1.81. The van der Waals surface area contributed by atoms with Crippen molar-refractivity contribution in [1.29, 1.82) is 0 Å². The number of hydrogen-bond donors (Lipinski definition) is 2. The number of anilines is 2. The van der Waals surface area contributed by atoms with Crippen LogP contribution in [0.1, 0.15) is 5.56 Å². The molecule has 0 atom stereocenters. The van der Waals surface area contributed by atoms with Gasteiger partial charge in [0, 0.05) is 55.6 Å². The topological polar surface area (TPSA) is 71.5 Å². The van der Waals surface area contributed by atoms with E-state index in [0.717, 1.165) is 59.9 Å². The van der Waals surface area contributed by atoms with Crippen molar-refractivity contribution in [3.8, 4) is 22.8 Å². The van der Waals surface area contributed by atoms with Crippen molar-refractivity contribution in [2.75, 3.05) is 50.6 Å². The highest BCUT2D eigenvalue weighted by atomic mass is 16.5. The zero-order valence-electron chi connectivity index (χ0n) is 19.5. The summed E-state index contributed by atoms with van der Waals surface area (Å²) in [7, 11) is 3.38. The number of benzene rings is 3. The lowest BCUT2D eigenvalue weighted by molar-refractivity contribution is 0.414. The summed E-state index contributed by atoms with van der Waals surface area (Å²) in [5.74, 6) is 2.31. The summed E-state index contributed by atoms with van der Waals surface area (Å²) < 4.78 is 10.7. The average Bonchev–Trinajstić information content (AvgIpc) is 2.92. The quantitative estimate of drug-likeness (QED) is 0.430. The molecule has 0 saturated carbocycles. The van der Waals surface area contributed by atoms with Crippen LogP contribution in [0.5, 0.6) is 11.5 Å². The number of nitrogens with zero attached hydrogens (tertiary/aromatic N) is 3. The molecule has 2 heterocycles. The Morgan fingerprint density at radius 1 is 0.912 bits per heavy atom. The lowest BCUT2D eigenvalue weighted by atomic mass is 10.0. The van der Waals surface area contributed by atoms with E-state index in [-0.39, 0.29) is 0 Å². The van der Waals surface area contributed by atoms with Gasteiger partial charge in [0.15, 0.2) is 0 Å². The molecule has 34 heavy (non-hydrogen) atoms. The first-order valence-electron chi connectivity index (χ1n) is 11.5. The van der Waals surface area contributed by atoms with Crippen molar-refractivity contribution in [1.82, 2.24) is 15.3 Å². The van der Waals surface area contributed by atoms with E-state index in [1.54, 1.807) is 20.4 Å². The predicted molar refractivity (Wildman–Crippen MR) is 137 cm³/mol. The second kappa shape index (κ2) is 9.97. The largest absolute Gasteiger partial charge is 0.497 e. The molecule has 1 fully saturated rings. The normalized spacial score (nSPS) is 13.6. The van der Waals surface area contributed by atoms with Gasteiger partial charge in [-0.2, -0.15) is 0 Å². The summed E-state index contributed by atoms with van der Waals surface area (Å²) in [5.41, 5.74) is 4.30. The van der Waals surface area contributed by atoms with Gasteiger partial charge in [-0.1, -0.05) is 18.2 Å². The third kappa shape index (κ3) is 4.75. The van der Waals surface area contributed by atoms with Crippen molar-refractivity contribution in [3.63, 3.8) is 0 Å². The Morgan fingerprint density at radius 2 is 1.68 bits per heavy atom. The highest BCUT2D eigenvalue weighted by Gasteiger charge is 2.16. The van der Waals surface area contributed by atoms with Gasteiger partial charge in [-0.25, -0.2) is 9.97 Å². The van der Waals surface area contributed by atoms with Gasteiger partial charge in [0.2, 0.25) is 5.95 Å². The number of piperazine rings is 1. The Labute approximate surface area is 199 Å². The molecule has 2 N–H and O–H groups in total. The standard InChI is InChI=1S/C27H29N5O2/c1-33-22-6-3-19(4-7-22)18-30-27-29-10-9-25(31-27)21-15-20-5-8-23(34-2)17-24(20)26(16-21)32-13-11-28-12-14-32/h3-10,15-17,28H,11-14,18H2,1-2H3,(H,29,30,31). The molecule has 0 amide bonds. The average molecular weight is 456 g/mol. The van der Waals surface area contributed by atoms with E-state index in [1.807, 2.05) is 36.4 Å². The van der Waals surface area contributed by atoms with Gasteiger partial charge >= 0.3 is 0 Å². The van der Waals surface area contributed by atoms with E-state index >= 15 is 0 Å². The maximum absolute atomic E-state index is 5.50. The molecule has 0 spiro atoms. The number of aromatic nitrogens is 2. The van der Waals surface area contributed by atoms with E-state index in [4.69, 9.17) is 14.5 Å². The van der Waals surface area contributed by atoms with E-state index in [1.165, 1.54) is 11.1 Å². The van der Waals surface area contributed by atoms with E-state index < -0.39 is 0 Å². The first-order valence-corrected chi connectivity index (χ1v) is 11.5. The molecule has 1 aromatic heterocycles. The van der Waals surface area contributed by atoms with Crippen molar-refractivity contribution in [2.45, 2.75) is 6.54 Å². The fraction of sp³-hybridized carbons (Fsp3) is 0.259. The second-order valence-corrected chi connectivity index (χ2v) is 8.29. The molecule has 1 saturated heterocycles. The minimum absolute atomic E-state index is 0.604. The molecule has 174 valence electrons. The van der Waals surface area contributed by atoms with Crippen LogP contribution >= 0.6 is 0 Å². The summed E-state index contributed by atoms with van der Waals surface area (Å²) in [6.45, 7) is 4.52. The monoisotopic (exact) mass is 455 g/mol. The van der Waals surface area contributed by atoms with Gasteiger partial charge in [-0.05, 0) is 53.4 Å². The van der Waals surface area contributed by atoms with E-state index in [0.29, 0.717) is 12.5 Å². The highest BCUT2D eigenvalue weighted by molar-refractivity contribution is 5.98. The van der Waals surface area contributed by atoms with Crippen LogP contribution in [0.2, 0.25) is 0 Å². The zero-order chi connectivity index (χ0) is 23.3. The third-order valence-corrected chi connectivity index (χ3v) is 6.16. The minimum atomic E-state index is 0.604. The Bertz CT molecular complexity index is 1270. The van der Waals surface area contributed by atoms with Crippen LogP contribution in [0, 0.1) is 0 Å². The van der Waals surface area contributed by atoms with Gasteiger partial charge in [-0.15, -0.1) is 0 Å². The summed E-state index contributed by atoms with van der Waals surface area (Å²) in [6, 6.07) is 20.6. The Morgan fingerprint density at radius 3 is 2.44 bits per heavy atom. The first kappa shape index (κ1) is 22.0. The fourth-order valence-corrected chi connectivity index (χ4v) is 4.29. The Hall–Kier alpha value is -3.84. The summed E-state index contributed by atoms with van der Waals surface area (Å²) in [5, 5.41) is 9.14. The molecular weight excluding hydrogens is 426 g/mol. The lowest BCUT2D eigenvalue weighted by Gasteiger charge is -2.31. The van der Waals surface area contributed by atoms with Crippen molar-refractivity contribution in [2.24, 2.45) is 0 Å². The van der Waals surface area contributed by atoms with Gasteiger partial charge in [0.1, 0.15) is 11.5 Å². The number of fused-ring (bicyclic) bond motifs is 1. The lowest BCUT2D eigenvalue weighted by Crippen LogP contribution is -2.43. The smallest absolute Gasteiger partial charge is 0.223 e. The Balaban J connectivity index is 1.46. The first-order chi connectivity index (χ1) is 16.7. The van der Waals surface area contributed by atoms with Gasteiger partial charge in [0.25, 0.3) is 0 Å². The molecule has 5 rings (SSSR count). The van der Waals surface area contributed by atoms with Crippen LogP contribution in [-0.4, -0.2) is 50.4 Å². The minimum Gasteiger partial charge on any atom is -0.497 e. The van der Waals surface area contributed by atoms with Gasteiger partial charge in [-0.3, -0.25) is 0 Å². The van der Waals surface area contributed by atoms with Gasteiger partial charge in [0.05, 0.1) is 19.9 Å². The third-order valence-electron chi connectivity index (χ3n) is 6.16. The number of nitrogens with one attached hydrogen (secondary N) is 2. The molecule has 3 aromatic carbocycles. The summed E-state index contributed by atoms with van der Waals surface area (Å²) in [4.78, 5) is 11.7. The maximum Gasteiger partial charge on any atom is 0.223 e. The van der Waals surface area contributed by atoms with Crippen molar-refractivity contribution in [3.05, 3.63) is 72.4 Å².